The second-order valence-corrected chi connectivity index (χ2v) is 11.3. The zero-order valence-corrected chi connectivity index (χ0v) is 20.7. The monoisotopic (exact) mass is 526 g/mol. The molecule has 0 spiro atoms. The van der Waals surface area contributed by atoms with Gasteiger partial charge in [-0.2, -0.15) is 4.31 Å². The number of H-pyrrole nitrogens is 1. The molecule has 0 unspecified atom stereocenters. The van der Waals surface area contributed by atoms with Gasteiger partial charge < -0.3 is 23.9 Å². The Morgan fingerprint density at radius 3 is 2.25 bits per heavy atom. The van der Waals surface area contributed by atoms with Gasteiger partial charge in [-0.25, -0.2) is 8.42 Å². The van der Waals surface area contributed by atoms with Gasteiger partial charge in [-0.1, -0.05) is 6.07 Å². The number of thiophene rings is 1. The van der Waals surface area contributed by atoms with Gasteiger partial charge in [0.2, 0.25) is 10.0 Å². The number of nitrogens with one attached hydrogen (secondary N) is 1. The van der Waals surface area contributed by atoms with Crippen molar-refractivity contribution in [1.82, 2.24) is 9.29 Å². The van der Waals surface area contributed by atoms with Gasteiger partial charge in [-0.05, 0) is 35.7 Å². The van der Waals surface area contributed by atoms with E-state index in [4.69, 9.17) is 18.9 Å². The molecule has 0 aliphatic carbocycles. The van der Waals surface area contributed by atoms with Gasteiger partial charge in [0.15, 0.2) is 23.0 Å². The quantitative estimate of drug-likeness (QED) is 0.410. The minimum absolute atomic E-state index is 0.0696. The first-order valence-electron chi connectivity index (χ1n) is 11.4. The van der Waals surface area contributed by atoms with E-state index < -0.39 is 10.0 Å². The summed E-state index contributed by atoms with van der Waals surface area (Å²) in [5.74, 6) is 2.04. The largest absolute Gasteiger partial charge is 0.486 e. The molecule has 0 bridgehead atoms. The van der Waals surface area contributed by atoms with Gasteiger partial charge in [-0.15, -0.1) is 11.3 Å². The number of aromatic nitrogens is 1. The number of hydrogen-bond donors (Lipinski definition) is 1. The van der Waals surface area contributed by atoms with Crippen molar-refractivity contribution in [3.05, 3.63) is 74.7 Å². The van der Waals surface area contributed by atoms with Crippen molar-refractivity contribution in [2.75, 3.05) is 26.4 Å². The molecule has 1 N–H and O–H groups in total. The normalized spacial score (nSPS) is 14.8. The summed E-state index contributed by atoms with van der Waals surface area (Å²) in [6.07, 6.45) is 0. The fraction of sp³-hybridized carbons (Fsp3) is 0.240. The molecule has 4 aromatic rings. The number of ether oxygens (including phenoxy) is 4. The number of nitrogens with zero attached hydrogens (tertiary/aromatic N) is 1. The average molecular weight is 527 g/mol. The fourth-order valence-electron chi connectivity index (χ4n) is 4.23. The SMILES string of the molecule is O=c1[nH]c2cc3c(cc2cc1CN(Cc1cccs1)S(=O)(=O)c1ccc2c(c1)OCCO2)OCCO3. The minimum atomic E-state index is -3.99. The highest BCUT2D eigenvalue weighted by Crippen LogP contribution is 2.35. The Morgan fingerprint density at radius 2 is 1.53 bits per heavy atom. The summed E-state index contributed by atoms with van der Waals surface area (Å²) >= 11 is 1.45. The van der Waals surface area contributed by atoms with Crippen LogP contribution in [0.3, 0.4) is 0 Å². The van der Waals surface area contributed by atoms with Crippen LogP contribution in [0.5, 0.6) is 23.0 Å². The zero-order chi connectivity index (χ0) is 24.7. The van der Waals surface area contributed by atoms with Crippen LogP contribution in [-0.2, 0) is 23.1 Å². The van der Waals surface area contributed by atoms with Crippen LogP contribution in [0.1, 0.15) is 10.4 Å². The van der Waals surface area contributed by atoms with Crippen LogP contribution in [0.25, 0.3) is 10.9 Å². The lowest BCUT2D eigenvalue weighted by atomic mass is 10.1. The second-order valence-electron chi connectivity index (χ2n) is 8.36. The molecule has 0 fully saturated rings. The summed E-state index contributed by atoms with van der Waals surface area (Å²) < 4.78 is 51.3. The Bertz CT molecular complexity index is 1600. The van der Waals surface area contributed by atoms with Crippen molar-refractivity contribution < 1.29 is 27.4 Å². The molecule has 2 aromatic heterocycles. The molecule has 2 aromatic carbocycles. The van der Waals surface area contributed by atoms with Gasteiger partial charge in [0.25, 0.3) is 5.56 Å². The zero-order valence-electron chi connectivity index (χ0n) is 19.1. The van der Waals surface area contributed by atoms with Crippen molar-refractivity contribution in [2.24, 2.45) is 0 Å². The van der Waals surface area contributed by atoms with E-state index in [1.165, 1.54) is 27.8 Å². The molecule has 2 aliphatic rings. The van der Waals surface area contributed by atoms with E-state index in [-0.39, 0.29) is 23.5 Å². The summed E-state index contributed by atoms with van der Waals surface area (Å²) in [7, 11) is -3.99. The molecule has 0 radical (unpaired) electrons. The standard InChI is InChI=1S/C25H22N2O7S2/c28-25-17(10-16-11-22-24(13-20(16)26-25)34-8-7-32-22)14-27(15-18-2-1-9-35-18)36(29,30)19-3-4-21-23(12-19)33-6-5-31-21/h1-4,9-13H,5-8,14-15H2,(H,26,28). The highest BCUT2D eigenvalue weighted by atomic mass is 32.2. The lowest BCUT2D eigenvalue weighted by Crippen LogP contribution is -2.32. The van der Waals surface area contributed by atoms with Gasteiger partial charge in [0.05, 0.1) is 10.4 Å². The van der Waals surface area contributed by atoms with Crippen molar-refractivity contribution >= 4 is 32.3 Å². The third kappa shape index (κ3) is 4.29. The second kappa shape index (κ2) is 9.16. The lowest BCUT2D eigenvalue weighted by Gasteiger charge is -2.24. The van der Waals surface area contributed by atoms with E-state index in [0.717, 1.165) is 10.3 Å². The Balaban J connectivity index is 1.39. The predicted octanol–water partition coefficient (Wildman–Crippen LogP) is 3.52. The molecule has 0 amide bonds. The van der Waals surface area contributed by atoms with Crippen LogP contribution < -0.4 is 24.5 Å². The summed E-state index contributed by atoms with van der Waals surface area (Å²) in [6.45, 7) is 1.64. The number of benzene rings is 2. The Kier molecular flexibility index (Phi) is 5.82. The highest BCUT2D eigenvalue weighted by Gasteiger charge is 2.28. The van der Waals surface area contributed by atoms with Crippen molar-refractivity contribution in [1.29, 1.82) is 0 Å². The summed E-state index contributed by atoms with van der Waals surface area (Å²) in [5.41, 5.74) is 0.539. The highest BCUT2D eigenvalue weighted by molar-refractivity contribution is 7.89. The van der Waals surface area contributed by atoms with Gasteiger partial charge in [0.1, 0.15) is 26.4 Å². The van der Waals surface area contributed by atoms with E-state index in [9.17, 15) is 13.2 Å². The maximum Gasteiger partial charge on any atom is 0.252 e. The molecule has 4 heterocycles. The number of fused-ring (bicyclic) bond motifs is 3. The molecule has 11 heteroatoms. The lowest BCUT2D eigenvalue weighted by molar-refractivity contribution is 0.171. The fourth-order valence-corrected chi connectivity index (χ4v) is 6.44. The molecular formula is C25H22N2O7S2. The van der Waals surface area contributed by atoms with Crippen LogP contribution in [-0.4, -0.2) is 44.1 Å². The molecular weight excluding hydrogens is 504 g/mol. The summed E-state index contributed by atoms with van der Waals surface area (Å²) in [5, 5.41) is 2.61. The van der Waals surface area contributed by atoms with Crippen molar-refractivity contribution in [3.63, 3.8) is 0 Å². The number of hydrogen-bond acceptors (Lipinski definition) is 8. The summed E-state index contributed by atoms with van der Waals surface area (Å²) in [6, 6.07) is 13.5. The molecule has 9 nitrogen and oxygen atoms in total. The van der Waals surface area contributed by atoms with E-state index >= 15 is 0 Å². The Morgan fingerprint density at radius 1 is 0.833 bits per heavy atom. The maximum absolute atomic E-state index is 13.8. The molecule has 2 aliphatic heterocycles. The van der Waals surface area contributed by atoms with Crippen LogP contribution in [0.2, 0.25) is 0 Å². The number of pyridine rings is 1. The Hall–Kier alpha value is -3.54. The predicted molar refractivity (Wildman–Crippen MR) is 134 cm³/mol. The van der Waals surface area contributed by atoms with Crippen LogP contribution >= 0.6 is 11.3 Å². The van der Waals surface area contributed by atoms with Crippen molar-refractivity contribution in [3.8, 4) is 23.0 Å². The first kappa shape index (κ1) is 22.9. The number of sulfonamides is 1. The third-order valence-corrected chi connectivity index (χ3v) is 8.64. The van der Waals surface area contributed by atoms with E-state index in [2.05, 4.69) is 4.98 Å². The van der Waals surface area contributed by atoms with E-state index in [0.29, 0.717) is 60.5 Å². The minimum Gasteiger partial charge on any atom is -0.486 e. The first-order valence-corrected chi connectivity index (χ1v) is 13.7. The van der Waals surface area contributed by atoms with Gasteiger partial charge in [-0.3, -0.25) is 4.79 Å². The first-order chi connectivity index (χ1) is 17.5. The van der Waals surface area contributed by atoms with Gasteiger partial charge in [0, 0.05) is 41.0 Å². The molecule has 0 atom stereocenters. The summed E-state index contributed by atoms with van der Waals surface area (Å²) in [4.78, 5) is 16.8. The van der Waals surface area contributed by atoms with Crippen LogP contribution in [0.4, 0.5) is 0 Å². The molecule has 6 rings (SSSR count). The Labute approximate surface area is 210 Å². The molecule has 186 valence electrons. The maximum atomic E-state index is 13.8. The van der Waals surface area contributed by atoms with Crippen LogP contribution in [0, 0.1) is 0 Å². The van der Waals surface area contributed by atoms with E-state index in [1.54, 1.807) is 24.3 Å². The third-order valence-electron chi connectivity index (χ3n) is 5.99. The number of rotatable bonds is 6. The van der Waals surface area contributed by atoms with E-state index in [1.807, 2.05) is 17.5 Å². The average Bonchev–Trinajstić information content (AvgIpc) is 3.40. The topological polar surface area (TPSA) is 107 Å². The molecule has 0 saturated carbocycles. The molecule has 0 saturated heterocycles. The number of aromatic amines is 1. The van der Waals surface area contributed by atoms with Crippen molar-refractivity contribution in [2.45, 2.75) is 18.0 Å². The van der Waals surface area contributed by atoms with Crippen LogP contribution in [0.15, 0.2) is 63.6 Å². The molecule has 36 heavy (non-hydrogen) atoms. The smallest absolute Gasteiger partial charge is 0.252 e. The van der Waals surface area contributed by atoms with Gasteiger partial charge >= 0.3 is 0 Å².